The highest BCUT2D eigenvalue weighted by molar-refractivity contribution is 7.89. The predicted molar refractivity (Wildman–Crippen MR) is 123 cm³/mol. The van der Waals surface area contributed by atoms with E-state index in [-0.39, 0.29) is 10.8 Å². The topological polar surface area (TPSA) is 141 Å². The molecule has 4 rings (SSSR count). The number of aromatic nitrogens is 2. The molecule has 0 aliphatic heterocycles. The SMILES string of the molecule is Nc1nc(-c2ccc(Cl)cc2Cl)c2cc(C(=O)Nc3ccc(S(N)(=O)=O)cc3)sc2n1. The van der Waals surface area contributed by atoms with Crippen LogP contribution in [-0.4, -0.2) is 24.3 Å². The number of primary sulfonamides is 1. The lowest BCUT2D eigenvalue weighted by molar-refractivity contribution is 0.103. The Labute approximate surface area is 190 Å². The van der Waals surface area contributed by atoms with Gasteiger partial charge in [-0.1, -0.05) is 23.2 Å². The fraction of sp³-hybridized carbons (Fsp3) is 0. The second kappa shape index (κ2) is 8.06. The largest absolute Gasteiger partial charge is 0.368 e. The fourth-order valence-corrected chi connectivity index (χ4v) is 4.80. The predicted octanol–water partition coefficient (Wildman–Crippen LogP) is 4.15. The summed E-state index contributed by atoms with van der Waals surface area (Å²) in [4.78, 5) is 22.1. The number of amides is 1. The Balaban J connectivity index is 1.70. The van der Waals surface area contributed by atoms with Crippen molar-refractivity contribution in [2.75, 3.05) is 11.1 Å². The van der Waals surface area contributed by atoms with Crippen molar-refractivity contribution in [3.8, 4) is 11.3 Å². The number of sulfonamides is 1. The van der Waals surface area contributed by atoms with Gasteiger partial charge in [0.15, 0.2) is 0 Å². The van der Waals surface area contributed by atoms with Crippen molar-refractivity contribution in [3.63, 3.8) is 0 Å². The van der Waals surface area contributed by atoms with Gasteiger partial charge in [0.1, 0.15) is 4.83 Å². The number of fused-ring (bicyclic) bond motifs is 1. The molecular weight excluding hydrogens is 481 g/mol. The molecule has 8 nitrogen and oxygen atoms in total. The molecule has 5 N–H and O–H groups in total. The van der Waals surface area contributed by atoms with Crippen LogP contribution in [0, 0.1) is 0 Å². The molecule has 0 aliphatic rings. The number of nitrogen functional groups attached to an aromatic ring is 1. The smallest absolute Gasteiger partial charge is 0.265 e. The summed E-state index contributed by atoms with van der Waals surface area (Å²) in [6.07, 6.45) is 0. The van der Waals surface area contributed by atoms with E-state index in [2.05, 4.69) is 15.3 Å². The highest BCUT2D eigenvalue weighted by Gasteiger charge is 2.18. The van der Waals surface area contributed by atoms with Crippen LogP contribution in [0.1, 0.15) is 9.67 Å². The zero-order chi connectivity index (χ0) is 22.3. The molecule has 0 fully saturated rings. The van der Waals surface area contributed by atoms with Gasteiger partial charge in [-0.05, 0) is 48.5 Å². The number of halogens is 2. The molecule has 0 saturated carbocycles. The quantitative estimate of drug-likeness (QED) is 0.389. The molecule has 0 radical (unpaired) electrons. The summed E-state index contributed by atoms with van der Waals surface area (Å²) in [5.41, 5.74) is 7.35. The third kappa shape index (κ3) is 4.48. The maximum Gasteiger partial charge on any atom is 0.265 e. The van der Waals surface area contributed by atoms with Gasteiger partial charge < -0.3 is 11.1 Å². The van der Waals surface area contributed by atoms with Crippen LogP contribution in [0.5, 0.6) is 0 Å². The lowest BCUT2D eigenvalue weighted by Crippen LogP contribution is -2.13. The van der Waals surface area contributed by atoms with Gasteiger partial charge in [-0.25, -0.2) is 23.5 Å². The van der Waals surface area contributed by atoms with Crippen LogP contribution in [0.25, 0.3) is 21.5 Å². The van der Waals surface area contributed by atoms with E-state index in [1.165, 1.54) is 24.3 Å². The minimum atomic E-state index is -3.82. The lowest BCUT2D eigenvalue weighted by Gasteiger charge is -2.06. The molecule has 0 aliphatic carbocycles. The third-order valence-electron chi connectivity index (χ3n) is 4.26. The third-order valence-corrected chi connectivity index (χ3v) is 6.77. The summed E-state index contributed by atoms with van der Waals surface area (Å²) in [5.74, 6) is -0.362. The average Bonchev–Trinajstić information content (AvgIpc) is 3.11. The van der Waals surface area contributed by atoms with Crippen molar-refractivity contribution in [3.05, 3.63) is 63.5 Å². The Morgan fingerprint density at radius 1 is 1.03 bits per heavy atom. The number of thiophene rings is 1. The molecule has 31 heavy (non-hydrogen) atoms. The Morgan fingerprint density at radius 3 is 2.39 bits per heavy atom. The molecule has 2 aromatic carbocycles. The molecule has 0 unspecified atom stereocenters. The minimum absolute atomic E-state index is 0.0425. The first-order chi connectivity index (χ1) is 14.6. The monoisotopic (exact) mass is 493 g/mol. The first-order valence-corrected chi connectivity index (χ1v) is 11.7. The number of nitrogens with one attached hydrogen (secondary N) is 1. The van der Waals surface area contributed by atoms with E-state index in [0.717, 1.165) is 11.3 Å². The molecule has 4 aromatic rings. The Kier molecular flexibility index (Phi) is 5.58. The van der Waals surface area contributed by atoms with Gasteiger partial charge in [0, 0.05) is 21.7 Å². The number of rotatable bonds is 4. The van der Waals surface area contributed by atoms with E-state index >= 15 is 0 Å². The number of nitrogens with zero attached hydrogens (tertiary/aromatic N) is 2. The number of anilines is 2. The van der Waals surface area contributed by atoms with Gasteiger partial charge in [-0.2, -0.15) is 0 Å². The highest BCUT2D eigenvalue weighted by Crippen LogP contribution is 2.37. The first kappa shape index (κ1) is 21.5. The molecular formula is C19H13Cl2N5O3S2. The van der Waals surface area contributed by atoms with Crippen LogP contribution in [0.3, 0.4) is 0 Å². The summed E-state index contributed by atoms with van der Waals surface area (Å²) in [6, 6.07) is 12.1. The molecule has 0 saturated heterocycles. The first-order valence-electron chi connectivity index (χ1n) is 8.58. The maximum atomic E-state index is 12.7. The molecule has 2 heterocycles. The van der Waals surface area contributed by atoms with Crippen LogP contribution in [0.2, 0.25) is 10.0 Å². The van der Waals surface area contributed by atoms with Crippen molar-refractivity contribution in [1.29, 1.82) is 0 Å². The van der Waals surface area contributed by atoms with Crippen molar-refractivity contribution in [2.24, 2.45) is 5.14 Å². The van der Waals surface area contributed by atoms with Gasteiger partial charge in [-0.3, -0.25) is 4.79 Å². The van der Waals surface area contributed by atoms with Gasteiger partial charge in [0.2, 0.25) is 16.0 Å². The molecule has 158 valence electrons. The summed E-state index contributed by atoms with van der Waals surface area (Å²) in [5, 5.41) is 9.26. The van der Waals surface area contributed by atoms with Crippen LogP contribution in [0.15, 0.2) is 53.4 Å². The van der Waals surface area contributed by atoms with Crippen molar-refractivity contribution in [2.45, 2.75) is 4.90 Å². The fourth-order valence-electron chi connectivity index (χ4n) is 2.86. The number of carbonyl (C=O) groups excluding carboxylic acids is 1. The van der Waals surface area contributed by atoms with Crippen LogP contribution < -0.4 is 16.2 Å². The standard InChI is InChI=1S/C19H13Cl2N5O3S2/c20-9-1-6-12(14(21)7-9)16-13-8-15(30-18(13)26-19(22)25-16)17(27)24-10-2-4-11(5-3-10)31(23,28)29/h1-8H,(H,24,27)(H2,22,25,26)(H2,23,28,29). The molecule has 12 heteroatoms. The van der Waals surface area contributed by atoms with Gasteiger partial charge in [-0.15, -0.1) is 11.3 Å². The maximum absolute atomic E-state index is 12.7. The zero-order valence-electron chi connectivity index (χ0n) is 15.5. The van der Waals surface area contributed by atoms with Crippen molar-refractivity contribution < 1.29 is 13.2 Å². The van der Waals surface area contributed by atoms with Gasteiger partial charge in [0.25, 0.3) is 5.91 Å². The van der Waals surface area contributed by atoms with Crippen molar-refractivity contribution in [1.82, 2.24) is 9.97 Å². The molecule has 2 aromatic heterocycles. The van der Waals surface area contributed by atoms with E-state index in [4.69, 9.17) is 34.1 Å². The summed E-state index contributed by atoms with van der Waals surface area (Å²) >= 11 is 13.4. The second-order valence-electron chi connectivity index (χ2n) is 6.41. The summed E-state index contributed by atoms with van der Waals surface area (Å²) < 4.78 is 22.7. The van der Waals surface area contributed by atoms with Crippen LogP contribution >= 0.6 is 34.5 Å². The molecule has 1 amide bonds. The molecule has 0 bridgehead atoms. The van der Waals surface area contributed by atoms with Crippen molar-refractivity contribution >= 4 is 72.3 Å². The van der Waals surface area contributed by atoms with E-state index in [1.807, 2.05) is 0 Å². The van der Waals surface area contributed by atoms with E-state index < -0.39 is 15.9 Å². The average molecular weight is 494 g/mol. The second-order valence-corrected chi connectivity index (χ2v) is 9.84. The number of nitrogens with two attached hydrogens (primary N) is 2. The highest BCUT2D eigenvalue weighted by atomic mass is 35.5. The summed E-state index contributed by atoms with van der Waals surface area (Å²) in [6.45, 7) is 0. The number of hydrogen-bond donors (Lipinski definition) is 3. The Morgan fingerprint density at radius 2 is 1.74 bits per heavy atom. The van der Waals surface area contributed by atoms with E-state index in [0.29, 0.717) is 42.1 Å². The van der Waals surface area contributed by atoms with Gasteiger partial charge >= 0.3 is 0 Å². The summed E-state index contributed by atoms with van der Waals surface area (Å²) in [7, 11) is -3.82. The van der Waals surface area contributed by atoms with Gasteiger partial charge in [0.05, 0.1) is 20.5 Å². The number of benzene rings is 2. The number of hydrogen-bond acceptors (Lipinski definition) is 7. The molecule has 0 atom stereocenters. The van der Waals surface area contributed by atoms with E-state index in [1.54, 1.807) is 24.3 Å². The van der Waals surface area contributed by atoms with Crippen LogP contribution in [0.4, 0.5) is 11.6 Å². The van der Waals surface area contributed by atoms with Crippen LogP contribution in [-0.2, 0) is 10.0 Å². The number of carbonyl (C=O) groups is 1. The molecule has 0 spiro atoms. The normalized spacial score (nSPS) is 11.6. The lowest BCUT2D eigenvalue weighted by atomic mass is 10.1. The zero-order valence-corrected chi connectivity index (χ0v) is 18.6. The Bertz CT molecular complexity index is 1440. The minimum Gasteiger partial charge on any atom is -0.368 e. The van der Waals surface area contributed by atoms with E-state index in [9.17, 15) is 13.2 Å². The Hall–Kier alpha value is -2.76.